The lowest BCUT2D eigenvalue weighted by molar-refractivity contribution is -0.134. The third kappa shape index (κ3) is 3.96. The standard InChI is InChI=1S/C22H23FN4O/c1-15-8-9-16(13-24-15)11-21(28)27-10-3-2-7-20(27)22-25-14-19(26-22)17-5-4-6-18(23)12-17/h4-6,8-9,12-14,20H,2-3,7,10-11H2,1H3,(H,25,26)/t20-/m0/s1. The maximum Gasteiger partial charge on any atom is 0.227 e. The van der Waals surface area contributed by atoms with E-state index in [0.717, 1.165) is 54.1 Å². The fraction of sp³-hybridized carbons (Fsp3) is 0.318. The van der Waals surface area contributed by atoms with Gasteiger partial charge >= 0.3 is 0 Å². The highest BCUT2D eigenvalue weighted by molar-refractivity contribution is 5.79. The number of rotatable bonds is 4. The predicted octanol–water partition coefficient (Wildman–Crippen LogP) is 4.22. The summed E-state index contributed by atoms with van der Waals surface area (Å²) in [4.78, 5) is 27.0. The van der Waals surface area contributed by atoms with Gasteiger partial charge in [-0.25, -0.2) is 9.37 Å². The van der Waals surface area contributed by atoms with Crippen LogP contribution in [0.2, 0.25) is 0 Å². The van der Waals surface area contributed by atoms with Gasteiger partial charge in [0.15, 0.2) is 0 Å². The van der Waals surface area contributed by atoms with Crippen molar-refractivity contribution in [2.45, 2.75) is 38.6 Å². The summed E-state index contributed by atoms with van der Waals surface area (Å²) in [6, 6.07) is 10.2. The van der Waals surface area contributed by atoms with Gasteiger partial charge in [0.25, 0.3) is 0 Å². The number of piperidine rings is 1. The lowest BCUT2D eigenvalue weighted by Gasteiger charge is -2.34. The zero-order valence-electron chi connectivity index (χ0n) is 15.9. The lowest BCUT2D eigenvalue weighted by atomic mass is 10.0. The Bertz CT molecular complexity index is 967. The monoisotopic (exact) mass is 378 g/mol. The van der Waals surface area contributed by atoms with Crippen molar-refractivity contribution < 1.29 is 9.18 Å². The summed E-state index contributed by atoms with van der Waals surface area (Å²) in [7, 11) is 0. The Morgan fingerprint density at radius 3 is 2.89 bits per heavy atom. The molecule has 0 bridgehead atoms. The summed E-state index contributed by atoms with van der Waals surface area (Å²) >= 11 is 0. The second-order valence-corrected chi connectivity index (χ2v) is 7.28. The van der Waals surface area contributed by atoms with Crippen molar-refractivity contribution in [1.82, 2.24) is 19.9 Å². The number of pyridine rings is 1. The highest BCUT2D eigenvalue weighted by Gasteiger charge is 2.30. The molecule has 3 heterocycles. The third-order valence-electron chi connectivity index (χ3n) is 5.20. The van der Waals surface area contributed by atoms with Crippen LogP contribution in [-0.4, -0.2) is 32.3 Å². The second-order valence-electron chi connectivity index (χ2n) is 7.28. The van der Waals surface area contributed by atoms with Crippen LogP contribution < -0.4 is 0 Å². The maximum atomic E-state index is 13.5. The molecular formula is C22H23FN4O. The van der Waals surface area contributed by atoms with Gasteiger partial charge in [-0.3, -0.25) is 9.78 Å². The number of carbonyl (C=O) groups excluding carboxylic acids is 1. The molecule has 5 nitrogen and oxygen atoms in total. The molecule has 0 unspecified atom stereocenters. The number of likely N-dealkylation sites (tertiary alicyclic amines) is 1. The molecule has 0 aliphatic carbocycles. The van der Waals surface area contributed by atoms with E-state index in [1.165, 1.54) is 12.1 Å². The predicted molar refractivity (Wildman–Crippen MR) is 105 cm³/mol. The Morgan fingerprint density at radius 1 is 1.21 bits per heavy atom. The van der Waals surface area contributed by atoms with E-state index in [9.17, 15) is 9.18 Å². The van der Waals surface area contributed by atoms with Crippen molar-refractivity contribution in [1.29, 1.82) is 0 Å². The molecule has 3 aromatic rings. The van der Waals surface area contributed by atoms with Crippen molar-refractivity contribution in [2.24, 2.45) is 0 Å². The van der Waals surface area contributed by atoms with Gasteiger partial charge in [-0.2, -0.15) is 0 Å². The Morgan fingerprint density at radius 2 is 2.11 bits per heavy atom. The molecule has 2 aromatic heterocycles. The SMILES string of the molecule is Cc1ccc(CC(=O)N2CCCC[C@H]2c2ncc(-c3cccc(F)c3)[nH]2)cn1. The number of nitrogens with zero attached hydrogens (tertiary/aromatic N) is 3. The van der Waals surface area contributed by atoms with Crippen molar-refractivity contribution in [3.8, 4) is 11.3 Å². The molecule has 1 aromatic carbocycles. The van der Waals surface area contributed by atoms with Crippen molar-refractivity contribution in [3.63, 3.8) is 0 Å². The number of amides is 1. The van der Waals surface area contributed by atoms with E-state index in [0.29, 0.717) is 6.42 Å². The molecule has 0 spiro atoms. The van der Waals surface area contributed by atoms with Crippen molar-refractivity contribution in [3.05, 3.63) is 71.7 Å². The van der Waals surface area contributed by atoms with E-state index in [1.54, 1.807) is 18.5 Å². The van der Waals surface area contributed by atoms with E-state index in [4.69, 9.17) is 0 Å². The molecule has 0 radical (unpaired) electrons. The van der Waals surface area contributed by atoms with Crippen LogP contribution in [0.5, 0.6) is 0 Å². The molecule has 28 heavy (non-hydrogen) atoms. The summed E-state index contributed by atoms with van der Waals surface area (Å²) in [5.41, 5.74) is 3.36. The Balaban J connectivity index is 1.54. The number of hydrogen-bond donors (Lipinski definition) is 1. The van der Waals surface area contributed by atoms with Crippen LogP contribution in [-0.2, 0) is 11.2 Å². The quantitative estimate of drug-likeness (QED) is 0.740. The Hall–Kier alpha value is -3.02. The molecular weight excluding hydrogens is 355 g/mol. The number of aromatic nitrogens is 3. The minimum atomic E-state index is -0.283. The van der Waals surface area contributed by atoms with Gasteiger partial charge in [-0.05, 0) is 49.9 Å². The second kappa shape index (κ2) is 7.92. The molecule has 1 saturated heterocycles. The van der Waals surface area contributed by atoms with Gasteiger partial charge < -0.3 is 9.88 Å². The highest BCUT2D eigenvalue weighted by atomic mass is 19.1. The molecule has 1 aliphatic heterocycles. The van der Waals surface area contributed by atoms with Crippen LogP contribution in [0, 0.1) is 12.7 Å². The van der Waals surface area contributed by atoms with Crippen LogP contribution in [0.1, 0.15) is 42.4 Å². The average molecular weight is 378 g/mol. The van der Waals surface area contributed by atoms with Crippen LogP contribution in [0.15, 0.2) is 48.8 Å². The summed E-state index contributed by atoms with van der Waals surface area (Å²) in [5.74, 6) is 0.559. The molecule has 1 amide bonds. The number of carbonyl (C=O) groups is 1. The molecule has 1 aliphatic rings. The maximum absolute atomic E-state index is 13.5. The number of nitrogens with one attached hydrogen (secondary N) is 1. The summed E-state index contributed by atoms with van der Waals surface area (Å²) < 4.78 is 13.5. The van der Waals surface area contributed by atoms with E-state index < -0.39 is 0 Å². The molecule has 1 atom stereocenters. The first-order chi connectivity index (χ1) is 13.6. The summed E-state index contributed by atoms with van der Waals surface area (Å²) in [5, 5.41) is 0. The largest absolute Gasteiger partial charge is 0.340 e. The zero-order valence-corrected chi connectivity index (χ0v) is 15.9. The van der Waals surface area contributed by atoms with Crippen molar-refractivity contribution in [2.75, 3.05) is 6.54 Å². The zero-order chi connectivity index (χ0) is 19.5. The third-order valence-corrected chi connectivity index (χ3v) is 5.20. The van der Waals surface area contributed by atoms with Gasteiger partial charge in [0.05, 0.1) is 24.4 Å². The fourth-order valence-electron chi connectivity index (χ4n) is 3.70. The molecule has 1 fully saturated rings. The first kappa shape index (κ1) is 18.3. The summed E-state index contributed by atoms with van der Waals surface area (Å²) in [6.07, 6.45) is 6.73. The van der Waals surface area contributed by atoms with Gasteiger partial charge in [0, 0.05) is 24.0 Å². The normalized spacial score (nSPS) is 16.9. The van der Waals surface area contributed by atoms with E-state index in [2.05, 4.69) is 15.0 Å². The first-order valence-corrected chi connectivity index (χ1v) is 9.62. The molecule has 1 N–H and O–H groups in total. The number of aryl methyl sites for hydroxylation is 1. The van der Waals surface area contributed by atoms with Crippen LogP contribution in [0.4, 0.5) is 4.39 Å². The number of benzene rings is 1. The number of halogens is 1. The number of hydrogen-bond acceptors (Lipinski definition) is 3. The highest BCUT2D eigenvalue weighted by Crippen LogP contribution is 2.31. The number of aromatic amines is 1. The van der Waals surface area contributed by atoms with Gasteiger partial charge in [0.1, 0.15) is 11.6 Å². The number of H-pyrrole nitrogens is 1. The first-order valence-electron chi connectivity index (χ1n) is 9.62. The van der Waals surface area contributed by atoms with Gasteiger partial charge in [0.2, 0.25) is 5.91 Å². The fourth-order valence-corrected chi connectivity index (χ4v) is 3.70. The Kier molecular flexibility index (Phi) is 5.19. The topological polar surface area (TPSA) is 61.9 Å². The van der Waals surface area contributed by atoms with Crippen LogP contribution in [0.3, 0.4) is 0 Å². The molecule has 144 valence electrons. The van der Waals surface area contributed by atoms with Crippen LogP contribution >= 0.6 is 0 Å². The Labute approximate surface area is 163 Å². The van der Waals surface area contributed by atoms with E-state index in [-0.39, 0.29) is 17.8 Å². The average Bonchev–Trinajstić information content (AvgIpc) is 3.20. The van der Waals surface area contributed by atoms with Crippen LogP contribution in [0.25, 0.3) is 11.3 Å². The lowest BCUT2D eigenvalue weighted by Crippen LogP contribution is -2.39. The molecule has 6 heteroatoms. The van der Waals surface area contributed by atoms with Gasteiger partial charge in [-0.1, -0.05) is 18.2 Å². The minimum Gasteiger partial charge on any atom is -0.340 e. The van der Waals surface area contributed by atoms with Crippen molar-refractivity contribution >= 4 is 5.91 Å². The smallest absolute Gasteiger partial charge is 0.227 e. The molecule has 0 saturated carbocycles. The van der Waals surface area contributed by atoms with Gasteiger partial charge in [-0.15, -0.1) is 0 Å². The van der Waals surface area contributed by atoms with E-state index in [1.807, 2.05) is 30.0 Å². The minimum absolute atomic E-state index is 0.0815. The summed E-state index contributed by atoms with van der Waals surface area (Å²) in [6.45, 7) is 2.65. The number of imidazole rings is 1. The molecule has 4 rings (SSSR count). The van der Waals surface area contributed by atoms with E-state index >= 15 is 0 Å².